The second-order valence-electron chi connectivity index (χ2n) is 11.5. The monoisotopic (exact) mass is 627 g/mol. The Morgan fingerprint density at radius 3 is 2.05 bits per heavy atom. The Morgan fingerprint density at radius 1 is 0.905 bits per heavy atom. The van der Waals surface area contributed by atoms with Crippen LogP contribution in [0.3, 0.4) is 0 Å². The largest absolute Gasteiger partial charge is 0.435 e. The number of nitrogens with one attached hydrogen (secondary N) is 1. The molecule has 0 spiro atoms. The van der Waals surface area contributed by atoms with Crippen molar-refractivity contribution in [3.63, 3.8) is 0 Å². The van der Waals surface area contributed by atoms with Crippen LogP contribution < -0.4 is 5.32 Å². The van der Waals surface area contributed by atoms with E-state index in [2.05, 4.69) is 5.32 Å². The van der Waals surface area contributed by atoms with Crippen molar-refractivity contribution in [1.82, 2.24) is 5.32 Å². The smallest absolute Gasteiger partial charge is 0.353 e. The van der Waals surface area contributed by atoms with Gasteiger partial charge in [0.2, 0.25) is 5.91 Å². The fourth-order valence-corrected chi connectivity index (χ4v) is 9.34. The minimum absolute atomic E-state index is 0.0238. The highest BCUT2D eigenvalue weighted by Gasteiger charge is 2.74. The van der Waals surface area contributed by atoms with Crippen molar-refractivity contribution in [2.75, 3.05) is 0 Å². The predicted molar refractivity (Wildman–Crippen MR) is 132 cm³/mol. The normalized spacial score (nSPS) is 26.2. The molecule has 0 unspecified atom stereocenters. The van der Waals surface area contributed by atoms with E-state index in [-0.39, 0.29) is 41.7 Å². The Morgan fingerprint density at radius 2 is 1.50 bits per heavy atom. The molecule has 0 bridgehead atoms. The van der Waals surface area contributed by atoms with E-state index in [1.165, 1.54) is 24.3 Å². The molecular formula is C28H26F9NO3S. The lowest BCUT2D eigenvalue weighted by Gasteiger charge is -2.43. The fraction of sp³-hybridized carbons (Fsp3) is 0.536. The van der Waals surface area contributed by atoms with Gasteiger partial charge in [-0.15, -0.1) is 0 Å². The minimum atomic E-state index is -6.35. The second-order valence-corrected chi connectivity index (χ2v) is 13.7. The number of carbonyl (C=O) groups is 1. The topological polar surface area (TPSA) is 63.2 Å². The molecule has 0 radical (unpaired) electrons. The number of carbonyl (C=O) groups excluding carboxylic acids is 1. The Kier molecular flexibility index (Phi) is 7.02. The maximum Gasteiger partial charge on any atom is 0.435 e. The third-order valence-electron chi connectivity index (χ3n) is 8.96. The molecule has 14 heteroatoms. The van der Waals surface area contributed by atoms with E-state index in [1.54, 1.807) is 6.92 Å². The minimum Gasteiger partial charge on any atom is -0.353 e. The first-order valence-electron chi connectivity index (χ1n) is 13.2. The molecule has 2 aromatic rings. The van der Waals surface area contributed by atoms with Crippen LogP contribution in [-0.4, -0.2) is 38.6 Å². The number of benzene rings is 2. The quantitative estimate of drug-likeness (QED) is 0.370. The van der Waals surface area contributed by atoms with Crippen molar-refractivity contribution in [3.8, 4) is 0 Å². The van der Waals surface area contributed by atoms with Crippen LogP contribution in [0.1, 0.15) is 54.4 Å². The van der Waals surface area contributed by atoms with Crippen molar-refractivity contribution in [1.29, 1.82) is 0 Å². The van der Waals surface area contributed by atoms with Crippen LogP contribution in [0.2, 0.25) is 0 Å². The Bertz CT molecular complexity index is 1480. The number of amides is 1. The lowest BCUT2D eigenvalue weighted by atomic mass is 9.72. The molecule has 0 saturated heterocycles. The summed E-state index contributed by atoms with van der Waals surface area (Å²) >= 11 is 0. The Hall–Kier alpha value is -2.77. The van der Waals surface area contributed by atoms with E-state index in [9.17, 15) is 52.7 Å². The van der Waals surface area contributed by atoms with Crippen molar-refractivity contribution < 1.29 is 52.7 Å². The van der Waals surface area contributed by atoms with Gasteiger partial charge in [0.1, 0.15) is 4.75 Å². The van der Waals surface area contributed by atoms with Crippen LogP contribution in [0.4, 0.5) is 39.5 Å². The van der Waals surface area contributed by atoms with Crippen LogP contribution >= 0.6 is 0 Å². The molecule has 0 aliphatic heterocycles. The summed E-state index contributed by atoms with van der Waals surface area (Å²) in [4.78, 5) is 13.1. The summed E-state index contributed by atoms with van der Waals surface area (Å²) in [5.74, 6) is -5.51. The molecule has 0 heterocycles. The number of aryl methyl sites for hydroxylation is 2. The van der Waals surface area contributed by atoms with Gasteiger partial charge in [0.25, 0.3) is 5.92 Å². The maximum absolute atomic E-state index is 14.9. The van der Waals surface area contributed by atoms with Gasteiger partial charge in [-0.1, -0.05) is 35.9 Å². The van der Waals surface area contributed by atoms with Gasteiger partial charge in [0.05, 0.1) is 4.90 Å². The molecule has 1 N–H and O–H groups in total. The highest BCUT2D eigenvalue weighted by molar-refractivity contribution is 7.92. The molecule has 2 aromatic carbocycles. The third kappa shape index (κ3) is 4.50. The van der Waals surface area contributed by atoms with Crippen LogP contribution in [0, 0.1) is 18.8 Å². The molecule has 2 saturated carbocycles. The van der Waals surface area contributed by atoms with E-state index in [0.717, 1.165) is 11.6 Å². The molecule has 3 aliphatic carbocycles. The van der Waals surface area contributed by atoms with Crippen molar-refractivity contribution >= 4 is 15.7 Å². The molecule has 3 atom stereocenters. The lowest BCUT2D eigenvalue weighted by molar-refractivity contribution is -0.348. The molecule has 5 rings (SSSR count). The SMILES string of the molecule is Cc1ccc(S(=O)(=O)[C@@]23CC[C@@H](C(=O)NC4CC(F)(F)C4)[C@@H]2CCc2cc(C(F)(C(F)(F)F)C(F)(F)F)ccc23)cc1. The average Bonchev–Trinajstić information content (AvgIpc) is 3.27. The maximum atomic E-state index is 14.9. The molecule has 230 valence electrons. The van der Waals surface area contributed by atoms with E-state index in [4.69, 9.17) is 0 Å². The van der Waals surface area contributed by atoms with Gasteiger partial charge in [-0.2, -0.15) is 26.3 Å². The standard InChI is InChI=1S/C28H26F9NO3S/c1-15-2-6-19(7-3-15)42(40,41)25-11-10-20(23(39)38-18-13-24(29,30)14-18)22(25)8-4-16-12-17(5-9-21(16)25)26(31,27(32,33)34)28(35,36)37/h2-3,5-7,9,12,18,20,22H,4,8,10-11,13-14H2,1H3,(H,38,39)/t20-,22+,25-/m1/s1. The highest BCUT2D eigenvalue weighted by Crippen LogP contribution is 2.60. The van der Waals surface area contributed by atoms with Crippen LogP contribution in [-0.2, 0) is 31.5 Å². The van der Waals surface area contributed by atoms with Gasteiger partial charge in [0.15, 0.2) is 9.84 Å². The predicted octanol–water partition coefficient (Wildman–Crippen LogP) is 6.84. The average molecular weight is 628 g/mol. The van der Waals surface area contributed by atoms with E-state index in [0.29, 0.717) is 12.1 Å². The summed E-state index contributed by atoms with van der Waals surface area (Å²) in [7, 11) is -4.44. The summed E-state index contributed by atoms with van der Waals surface area (Å²) in [5.41, 5.74) is -7.00. The summed E-state index contributed by atoms with van der Waals surface area (Å²) in [6.07, 6.45) is -14.4. The lowest BCUT2D eigenvalue weighted by Crippen LogP contribution is -2.53. The van der Waals surface area contributed by atoms with Gasteiger partial charge >= 0.3 is 18.0 Å². The number of halogens is 9. The van der Waals surface area contributed by atoms with Crippen molar-refractivity contribution in [2.24, 2.45) is 11.8 Å². The van der Waals surface area contributed by atoms with Gasteiger partial charge < -0.3 is 5.32 Å². The number of fused-ring (bicyclic) bond motifs is 3. The number of hydrogen-bond acceptors (Lipinski definition) is 3. The van der Waals surface area contributed by atoms with Crippen molar-refractivity contribution in [2.45, 2.75) is 85.1 Å². The van der Waals surface area contributed by atoms with E-state index in [1.807, 2.05) is 0 Å². The van der Waals surface area contributed by atoms with Gasteiger partial charge in [0, 0.05) is 30.4 Å². The zero-order chi connectivity index (χ0) is 31.1. The molecule has 1 amide bonds. The summed E-state index contributed by atoms with van der Waals surface area (Å²) in [6, 6.07) is 6.39. The van der Waals surface area contributed by atoms with Crippen LogP contribution in [0.5, 0.6) is 0 Å². The second kappa shape index (κ2) is 9.62. The van der Waals surface area contributed by atoms with Crippen LogP contribution in [0.25, 0.3) is 0 Å². The molecule has 2 fully saturated rings. The molecule has 4 nitrogen and oxygen atoms in total. The number of sulfone groups is 1. The number of hydrogen-bond donors (Lipinski definition) is 1. The fourth-order valence-electron chi connectivity index (χ4n) is 6.87. The molecular weight excluding hydrogens is 601 g/mol. The molecule has 0 aromatic heterocycles. The molecule has 42 heavy (non-hydrogen) atoms. The summed E-state index contributed by atoms with van der Waals surface area (Å²) in [5, 5.41) is 2.54. The number of alkyl halides is 9. The highest BCUT2D eigenvalue weighted by atomic mass is 32.2. The first kappa shape index (κ1) is 30.7. The molecule has 3 aliphatic rings. The zero-order valence-corrected chi connectivity index (χ0v) is 22.9. The van der Waals surface area contributed by atoms with Gasteiger partial charge in [-0.25, -0.2) is 21.6 Å². The van der Waals surface area contributed by atoms with Crippen molar-refractivity contribution in [3.05, 3.63) is 64.7 Å². The number of rotatable bonds is 5. The van der Waals surface area contributed by atoms with E-state index >= 15 is 0 Å². The first-order valence-corrected chi connectivity index (χ1v) is 14.7. The van der Waals surface area contributed by atoms with Gasteiger partial charge in [-0.05, 0) is 61.8 Å². The Labute approximate surface area is 235 Å². The summed E-state index contributed by atoms with van der Waals surface area (Å²) < 4.78 is 149. The summed E-state index contributed by atoms with van der Waals surface area (Å²) in [6.45, 7) is 1.71. The van der Waals surface area contributed by atoms with Gasteiger partial charge in [-0.3, -0.25) is 4.79 Å². The zero-order valence-electron chi connectivity index (χ0n) is 22.1. The van der Waals surface area contributed by atoms with Crippen LogP contribution in [0.15, 0.2) is 47.4 Å². The first-order chi connectivity index (χ1) is 19.2. The Balaban J connectivity index is 1.63. The van der Waals surface area contributed by atoms with E-state index < -0.39 is 80.7 Å². The third-order valence-corrected chi connectivity index (χ3v) is 11.5.